The van der Waals surface area contributed by atoms with Gasteiger partial charge < -0.3 is 10.2 Å². The van der Waals surface area contributed by atoms with E-state index >= 15 is 0 Å². The first kappa shape index (κ1) is 16.7. The molecule has 0 saturated heterocycles. The van der Waals surface area contributed by atoms with E-state index in [0.29, 0.717) is 10.8 Å². The second-order valence-corrected chi connectivity index (χ2v) is 5.76. The summed E-state index contributed by atoms with van der Waals surface area (Å²) in [6, 6.07) is 14.6. The van der Waals surface area contributed by atoms with E-state index in [1.165, 1.54) is 17.7 Å². The van der Waals surface area contributed by atoms with Gasteiger partial charge in [-0.05, 0) is 42.4 Å². The Hall–Kier alpha value is -1.65. The number of hydrogen-bond acceptors (Lipinski definition) is 1. The van der Waals surface area contributed by atoms with Crippen LogP contribution in [0.1, 0.15) is 18.9 Å². The number of benzene rings is 2. The Morgan fingerprint density at radius 3 is 2.59 bits per heavy atom. The van der Waals surface area contributed by atoms with Crippen LogP contribution in [0, 0.1) is 5.82 Å². The van der Waals surface area contributed by atoms with Gasteiger partial charge in [-0.15, -0.1) is 0 Å². The van der Waals surface area contributed by atoms with Crippen molar-refractivity contribution in [2.45, 2.75) is 19.9 Å². The van der Waals surface area contributed by atoms with E-state index < -0.39 is 5.82 Å². The molecule has 116 valence electrons. The quantitative estimate of drug-likeness (QED) is 0.766. The summed E-state index contributed by atoms with van der Waals surface area (Å²) in [5.41, 5.74) is 1.88. The molecule has 0 amide bonds. The molecule has 0 atom stereocenters. The Bertz CT molecular complexity index is 634. The Kier molecular flexibility index (Phi) is 6.16. The number of hydrogen-bond donors (Lipinski definition) is 1. The van der Waals surface area contributed by atoms with E-state index in [-0.39, 0.29) is 5.02 Å². The number of halogens is 2. The third-order valence-corrected chi connectivity index (χ3v) is 3.82. The van der Waals surface area contributed by atoms with Gasteiger partial charge in [0.15, 0.2) is 5.11 Å². The van der Waals surface area contributed by atoms with E-state index in [9.17, 15) is 4.39 Å². The summed E-state index contributed by atoms with van der Waals surface area (Å²) in [6.45, 7) is 3.68. The molecule has 22 heavy (non-hydrogen) atoms. The zero-order chi connectivity index (χ0) is 15.9. The fourth-order valence-electron chi connectivity index (χ4n) is 2.10. The normalized spacial score (nSPS) is 10.3. The largest absolute Gasteiger partial charge is 0.345 e. The van der Waals surface area contributed by atoms with Crippen LogP contribution in [0.2, 0.25) is 5.02 Å². The van der Waals surface area contributed by atoms with Gasteiger partial charge in [-0.2, -0.15) is 0 Å². The zero-order valence-electron chi connectivity index (χ0n) is 12.4. The molecule has 5 heteroatoms. The average Bonchev–Trinajstić information content (AvgIpc) is 2.51. The number of rotatable bonds is 5. The Morgan fingerprint density at radius 1 is 1.23 bits per heavy atom. The highest BCUT2D eigenvalue weighted by Crippen LogP contribution is 2.20. The Balaban J connectivity index is 2.07. The van der Waals surface area contributed by atoms with Crippen molar-refractivity contribution >= 4 is 34.6 Å². The maximum atomic E-state index is 13.2. The molecule has 0 spiro atoms. The van der Waals surface area contributed by atoms with Crippen LogP contribution >= 0.6 is 23.8 Å². The molecule has 0 heterocycles. The molecule has 0 unspecified atom stereocenters. The SMILES string of the molecule is CCCN(Cc1ccccc1)C(=S)Nc1ccc(F)c(Cl)c1. The van der Waals surface area contributed by atoms with Crippen molar-refractivity contribution in [1.29, 1.82) is 0 Å². The standard InChI is InChI=1S/C17H18ClFN2S/c1-2-10-21(12-13-6-4-3-5-7-13)17(22)20-14-8-9-16(19)15(18)11-14/h3-9,11H,2,10,12H2,1H3,(H,20,22). The lowest BCUT2D eigenvalue weighted by atomic mass is 10.2. The maximum Gasteiger partial charge on any atom is 0.173 e. The number of nitrogens with one attached hydrogen (secondary N) is 1. The smallest absolute Gasteiger partial charge is 0.173 e. The van der Waals surface area contributed by atoms with Crippen LogP contribution in [0.5, 0.6) is 0 Å². The average molecular weight is 337 g/mol. The highest BCUT2D eigenvalue weighted by molar-refractivity contribution is 7.80. The minimum absolute atomic E-state index is 0.0814. The molecule has 0 saturated carbocycles. The van der Waals surface area contributed by atoms with Gasteiger partial charge in [-0.1, -0.05) is 48.9 Å². The molecule has 2 aromatic carbocycles. The fourth-order valence-corrected chi connectivity index (χ4v) is 2.56. The van der Waals surface area contributed by atoms with Crippen molar-refractivity contribution in [2.24, 2.45) is 0 Å². The van der Waals surface area contributed by atoms with Gasteiger partial charge in [0.25, 0.3) is 0 Å². The fraction of sp³-hybridized carbons (Fsp3) is 0.235. The van der Waals surface area contributed by atoms with Gasteiger partial charge in [-0.25, -0.2) is 4.39 Å². The summed E-state index contributed by atoms with van der Waals surface area (Å²) in [5.74, 6) is -0.437. The van der Waals surface area contributed by atoms with Crippen molar-refractivity contribution in [3.05, 3.63) is 64.9 Å². The summed E-state index contributed by atoms with van der Waals surface area (Å²) in [6.07, 6.45) is 0.985. The highest BCUT2D eigenvalue weighted by Gasteiger charge is 2.10. The number of nitrogens with zero attached hydrogens (tertiary/aromatic N) is 1. The minimum atomic E-state index is -0.437. The van der Waals surface area contributed by atoms with E-state index in [1.54, 1.807) is 6.07 Å². The Morgan fingerprint density at radius 2 is 1.95 bits per heavy atom. The van der Waals surface area contributed by atoms with Gasteiger partial charge in [0.2, 0.25) is 0 Å². The topological polar surface area (TPSA) is 15.3 Å². The summed E-state index contributed by atoms with van der Waals surface area (Å²) in [7, 11) is 0. The second kappa shape index (κ2) is 8.11. The maximum absolute atomic E-state index is 13.2. The molecule has 0 fully saturated rings. The summed E-state index contributed by atoms with van der Waals surface area (Å²) >= 11 is 11.3. The highest BCUT2D eigenvalue weighted by atomic mass is 35.5. The van der Waals surface area contributed by atoms with Gasteiger partial charge in [0.05, 0.1) is 5.02 Å². The molecule has 2 aromatic rings. The van der Waals surface area contributed by atoms with Crippen LogP contribution in [-0.4, -0.2) is 16.6 Å². The van der Waals surface area contributed by atoms with Crippen LogP contribution in [0.4, 0.5) is 10.1 Å². The van der Waals surface area contributed by atoms with Crippen molar-refractivity contribution < 1.29 is 4.39 Å². The third-order valence-electron chi connectivity index (χ3n) is 3.17. The molecule has 2 nitrogen and oxygen atoms in total. The van der Waals surface area contributed by atoms with E-state index in [2.05, 4.69) is 29.3 Å². The van der Waals surface area contributed by atoms with Crippen LogP contribution in [0.15, 0.2) is 48.5 Å². The molecule has 0 radical (unpaired) electrons. The minimum Gasteiger partial charge on any atom is -0.345 e. The van der Waals surface area contributed by atoms with Crippen LogP contribution in [0.3, 0.4) is 0 Å². The lowest BCUT2D eigenvalue weighted by Gasteiger charge is -2.25. The zero-order valence-corrected chi connectivity index (χ0v) is 13.9. The molecule has 0 aliphatic rings. The lowest BCUT2D eigenvalue weighted by Crippen LogP contribution is -2.34. The molecule has 0 aliphatic carbocycles. The predicted molar refractivity (Wildman–Crippen MR) is 94.8 cm³/mol. The van der Waals surface area contributed by atoms with E-state index in [1.807, 2.05) is 18.2 Å². The number of anilines is 1. The summed E-state index contributed by atoms with van der Waals surface area (Å²) in [4.78, 5) is 2.09. The monoisotopic (exact) mass is 336 g/mol. The van der Waals surface area contributed by atoms with Crippen LogP contribution < -0.4 is 5.32 Å². The summed E-state index contributed by atoms with van der Waals surface area (Å²) < 4.78 is 13.2. The first-order chi connectivity index (χ1) is 10.6. The lowest BCUT2D eigenvalue weighted by molar-refractivity contribution is 0.418. The third kappa shape index (κ3) is 4.68. The molecular formula is C17H18ClFN2S. The molecular weight excluding hydrogens is 319 g/mol. The predicted octanol–water partition coefficient (Wildman–Crippen LogP) is 5.09. The molecule has 0 aliphatic heterocycles. The molecule has 0 aromatic heterocycles. The van der Waals surface area contributed by atoms with E-state index in [4.69, 9.17) is 23.8 Å². The van der Waals surface area contributed by atoms with Crippen LogP contribution in [0.25, 0.3) is 0 Å². The van der Waals surface area contributed by atoms with Gasteiger partial charge >= 0.3 is 0 Å². The van der Waals surface area contributed by atoms with Gasteiger partial charge in [-0.3, -0.25) is 0 Å². The van der Waals surface area contributed by atoms with Crippen molar-refractivity contribution in [3.8, 4) is 0 Å². The first-order valence-electron chi connectivity index (χ1n) is 7.15. The van der Waals surface area contributed by atoms with Crippen molar-refractivity contribution in [1.82, 2.24) is 4.90 Å². The van der Waals surface area contributed by atoms with Gasteiger partial charge in [0, 0.05) is 18.8 Å². The van der Waals surface area contributed by atoms with Crippen LogP contribution in [-0.2, 0) is 6.54 Å². The molecule has 0 bridgehead atoms. The van der Waals surface area contributed by atoms with Crippen molar-refractivity contribution in [3.63, 3.8) is 0 Å². The Labute approximate surface area is 140 Å². The molecule has 2 rings (SSSR count). The van der Waals surface area contributed by atoms with Gasteiger partial charge in [0.1, 0.15) is 5.82 Å². The second-order valence-electron chi connectivity index (χ2n) is 4.97. The summed E-state index contributed by atoms with van der Waals surface area (Å²) in [5, 5.41) is 3.81. The van der Waals surface area contributed by atoms with Crippen molar-refractivity contribution in [2.75, 3.05) is 11.9 Å². The molecule has 1 N–H and O–H groups in total. The van der Waals surface area contributed by atoms with E-state index in [0.717, 1.165) is 19.5 Å². The first-order valence-corrected chi connectivity index (χ1v) is 7.93. The number of thiocarbonyl (C=S) groups is 1.